The van der Waals surface area contributed by atoms with Crippen molar-refractivity contribution in [2.24, 2.45) is 5.92 Å². The highest BCUT2D eigenvalue weighted by molar-refractivity contribution is 5.75. The van der Waals surface area contributed by atoms with E-state index in [0.29, 0.717) is 19.0 Å². The Bertz CT molecular complexity index is 565. The second-order valence-electron chi connectivity index (χ2n) is 4.47. The fourth-order valence-electron chi connectivity index (χ4n) is 2.31. The Hall–Kier alpha value is -2.25. The van der Waals surface area contributed by atoms with Gasteiger partial charge in [-0.15, -0.1) is 0 Å². The minimum Gasteiger partial charge on any atom is -0.469 e. The molecule has 1 aliphatic rings. The van der Waals surface area contributed by atoms with Crippen LogP contribution in [0.15, 0.2) is 12.1 Å². The Kier molecular flexibility index (Phi) is 3.82. The molecule has 0 aliphatic carbocycles. The molecule has 0 radical (unpaired) electrons. The highest BCUT2D eigenvalue weighted by Crippen LogP contribution is 2.35. The predicted molar refractivity (Wildman–Crippen MR) is 65.3 cm³/mol. The van der Waals surface area contributed by atoms with E-state index in [0.717, 1.165) is 6.07 Å². The molecule has 1 saturated heterocycles. The van der Waals surface area contributed by atoms with Gasteiger partial charge in [0.15, 0.2) is 0 Å². The van der Waals surface area contributed by atoms with Crippen molar-refractivity contribution >= 4 is 17.3 Å². The van der Waals surface area contributed by atoms with Crippen LogP contribution in [-0.2, 0) is 9.53 Å². The van der Waals surface area contributed by atoms with Crippen LogP contribution < -0.4 is 4.90 Å². The van der Waals surface area contributed by atoms with Gasteiger partial charge in [-0.3, -0.25) is 14.9 Å². The number of hydrogen-bond donors (Lipinski definition) is 0. The second-order valence-corrected chi connectivity index (χ2v) is 4.47. The van der Waals surface area contributed by atoms with Gasteiger partial charge in [-0.05, 0) is 6.42 Å². The van der Waals surface area contributed by atoms with Gasteiger partial charge in [-0.2, -0.15) is 4.39 Å². The van der Waals surface area contributed by atoms with Crippen LogP contribution in [-0.4, -0.2) is 31.1 Å². The first-order valence-electron chi connectivity index (χ1n) is 5.90. The van der Waals surface area contributed by atoms with Gasteiger partial charge in [-0.1, -0.05) is 0 Å². The standard InChI is InChI=1S/C12H12F2N2O4/c1-20-12(17)7-2-3-15(6-7)10-5-8(13)4-9(14)11(10)16(18)19/h4-5,7H,2-3,6H2,1H3. The molecule has 2 rings (SSSR count). The summed E-state index contributed by atoms with van der Waals surface area (Å²) in [5.74, 6) is -3.02. The van der Waals surface area contributed by atoms with Crippen molar-refractivity contribution in [3.05, 3.63) is 33.9 Å². The summed E-state index contributed by atoms with van der Waals surface area (Å²) in [6.45, 7) is 0.430. The number of ether oxygens (including phenoxy) is 1. The van der Waals surface area contributed by atoms with Crippen LogP contribution in [0.2, 0.25) is 0 Å². The van der Waals surface area contributed by atoms with Crippen molar-refractivity contribution in [1.29, 1.82) is 0 Å². The minimum atomic E-state index is -1.23. The molecule has 0 aromatic heterocycles. The smallest absolute Gasteiger partial charge is 0.328 e. The third-order valence-electron chi connectivity index (χ3n) is 3.25. The van der Waals surface area contributed by atoms with E-state index < -0.39 is 34.1 Å². The number of carbonyl (C=O) groups is 1. The van der Waals surface area contributed by atoms with Crippen molar-refractivity contribution in [3.63, 3.8) is 0 Å². The van der Waals surface area contributed by atoms with E-state index in [1.165, 1.54) is 12.0 Å². The number of methoxy groups -OCH3 is 1. The van der Waals surface area contributed by atoms with E-state index in [-0.39, 0.29) is 12.2 Å². The average Bonchev–Trinajstić information content (AvgIpc) is 2.85. The fourth-order valence-corrected chi connectivity index (χ4v) is 2.31. The number of nitro benzene ring substituents is 1. The SMILES string of the molecule is COC(=O)C1CCN(c2cc(F)cc(F)c2[N+](=O)[O-])C1. The van der Waals surface area contributed by atoms with Gasteiger partial charge in [0.05, 0.1) is 18.0 Å². The number of rotatable bonds is 3. The molecule has 0 N–H and O–H groups in total. The summed E-state index contributed by atoms with van der Waals surface area (Å²) in [6, 6.07) is 1.37. The van der Waals surface area contributed by atoms with E-state index in [4.69, 9.17) is 0 Å². The zero-order valence-corrected chi connectivity index (χ0v) is 10.6. The maximum Gasteiger partial charge on any atom is 0.328 e. The van der Waals surface area contributed by atoms with E-state index in [2.05, 4.69) is 4.74 Å². The second kappa shape index (κ2) is 5.40. The Morgan fingerprint density at radius 3 is 2.80 bits per heavy atom. The molecule has 1 aromatic carbocycles. The maximum atomic E-state index is 13.5. The molecule has 1 heterocycles. The predicted octanol–water partition coefficient (Wildman–Crippen LogP) is 1.87. The molecule has 6 nitrogen and oxygen atoms in total. The number of carbonyl (C=O) groups excluding carboxylic acids is 1. The van der Waals surface area contributed by atoms with Gasteiger partial charge >= 0.3 is 11.7 Å². The van der Waals surface area contributed by atoms with Crippen LogP contribution >= 0.6 is 0 Å². The number of benzene rings is 1. The lowest BCUT2D eigenvalue weighted by atomic mass is 10.1. The van der Waals surface area contributed by atoms with Crippen LogP contribution in [0.4, 0.5) is 20.2 Å². The van der Waals surface area contributed by atoms with Crippen molar-refractivity contribution in [2.45, 2.75) is 6.42 Å². The van der Waals surface area contributed by atoms with Gasteiger partial charge in [0.25, 0.3) is 0 Å². The van der Waals surface area contributed by atoms with Gasteiger partial charge < -0.3 is 9.64 Å². The van der Waals surface area contributed by atoms with Crippen LogP contribution in [0.3, 0.4) is 0 Å². The largest absolute Gasteiger partial charge is 0.469 e. The molecule has 108 valence electrons. The van der Waals surface area contributed by atoms with Gasteiger partial charge in [-0.25, -0.2) is 4.39 Å². The first-order chi connectivity index (χ1) is 9.43. The number of hydrogen-bond acceptors (Lipinski definition) is 5. The highest BCUT2D eigenvalue weighted by Gasteiger charge is 2.34. The summed E-state index contributed by atoms with van der Waals surface area (Å²) in [6.07, 6.45) is 0.419. The maximum absolute atomic E-state index is 13.5. The van der Waals surface area contributed by atoms with Gasteiger partial charge in [0, 0.05) is 25.2 Å². The topological polar surface area (TPSA) is 72.7 Å². The molecule has 0 saturated carbocycles. The Morgan fingerprint density at radius 1 is 1.50 bits per heavy atom. The molecule has 1 unspecified atom stereocenters. The van der Waals surface area contributed by atoms with Crippen LogP contribution in [0.25, 0.3) is 0 Å². The third kappa shape index (κ3) is 2.54. The third-order valence-corrected chi connectivity index (χ3v) is 3.25. The van der Waals surface area contributed by atoms with Gasteiger partial charge in [0.2, 0.25) is 5.82 Å². The summed E-state index contributed by atoms with van der Waals surface area (Å²) >= 11 is 0. The van der Waals surface area contributed by atoms with E-state index in [9.17, 15) is 23.7 Å². The lowest BCUT2D eigenvalue weighted by Crippen LogP contribution is -2.24. The van der Waals surface area contributed by atoms with Crippen molar-refractivity contribution in [2.75, 3.05) is 25.1 Å². The molecule has 1 aliphatic heterocycles. The molecule has 0 bridgehead atoms. The number of halogens is 2. The van der Waals surface area contributed by atoms with Crippen LogP contribution in [0.5, 0.6) is 0 Å². The minimum absolute atomic E-state index is 0.135. The van der Waals surface area contributed by atoms with Crippen LogP contribution in [0.1, 0.15) is 6.42 Å². The lowest BCUT2D eigenvalue weighted by molar-refractivity contribution is -0.386. The number of nitrogens with zero attached hydrogens (tertiary/aromatic N) is 2. The number of anilines is 1. The molecule has 1 aromatic rings. The van der Waals surface area contributed by atoms with E-state index in [1.54, 1.807) is 0 Å². The van der Waals surface area contributed by atoms with Crippen molar-refractivity contribution in [3.8, 4) is 0 Å². The lowest BCUT2D eigenvalue weighted by Gasteiger charge is -2.18. The molecule has 0 amide bonds. The summed E-state index contributed by atoms with van der Waals surface area (Å²) in [4.78, 5) is 22.8. The highest BCUT2D eigenvalue weighted by atomic mass is 19.1. The zero-order valence-electron chi connectivity index (χ0n) is 10.6. The molecule has 1 atom stereocenters. The molecular weight excluding hydrogens is 274 g/mol. The summed E-state index contributed by atoms with van der Waals surface area (Å²) < 4.78 is 31.4. The fraction of sp³-hybridized carbons (Fsp3) is 0.417. The Morgan fingerprint density at radius 2 is 2.20 bits per heavy atom. The monoisotopic (exact) mass is 286 g/mol. The normalized spacial score (nSPS) is 18.1. The molecule has 20 heavy (non-hydrogen) atoms. The van der Waals surface area contributed by atoms with Crippen LogP contribution in [0, 0.1) is 27.7 Å². The quantitative estimate of drug-likeness (QED) is 0.482. The Labute approximate surface area is 113 Å². The van der Waals surface area contributed by atoms with Crippen molar-refractivity contribution < 1.29 is 23.2 Å². The van der Waals surface area contributed by atoms with Crippen molar-refractivity contribution in [1.82, 2.24) is 0 Å². The average molecular weight is 286 g/mol. The summed E-state index contributed by atoms with van der Waals surface area (Å²) in [5, 5.41) is 10.9. The summed E-state index contributed by atoms with van der Waals surface area (Å²) in [5.41, 5.74) is -0.934. The molecule has 1 fully saturated rings. The first kappa shape index (κ1) is 14.2. The number of nitro groups is 1. The number of esters is 1. The Balaban J connectivity index is 2.34. The zero-order chi connectivity index (χ0) is 14.9. The molecular formula is C12H12F2N2O4. The summed E-state index contributed by atoms with van der Waals surface area (Å²) in [7, 11) is 1.25. The first-order valence-corrected chi connectivity index (χ1v) is 5.90. The molecule has 0 spiro atoms. The molecule has 8 heteroatoms. The van der Waals surface area contributed by atoms with Gasteiger partial charge in [0.1, 0.15) is 11.5 Å². The van der Waals surface area contributed by atoms with E-state index in [1.807, 2.05) is 0 Å². The van der Waals surface area contributed by atoms with E-state index >= 15 is 0 Å².